The van der Waals surface area contributed by atoms with Gasteiger partial charge in [0.1, 0.15) is 5.82 Å². The van der Waals surface area contributed by atoms with Crippen molar-refractivity contribution in [3.05, 3.63) is 46.9 Å². The van der Waals surface area contributed by atoms with Gasteiger partial charge in [-0.25, -0.2) is 0 Å². The van der Waals surface area contributed by atoms with Crippen molar-refractivity contribution < 1.29 is 0 Å². The third-order valence-corrected chi connectivity index (χ3v) is 2.99. The number of hydrogen-bond donors (Lipinski definition) is 2. The normalized spacial score (nSPS) is 10.8. The van der Waals surface area contributed by atoms with Crippen LogP contribution in [0.15, 0.2) is 30.5 Å². The Bertz CT molecular complexity index is 722. The highest BCUT2D eigenvalue weighted by Crippen LogP contribution is 2.20. The molecule has 0 saturated heterocycles. The summed E-state index contributed by atoms with van der Waals surface area (Å²) >= 11 is 5.88. The van der Waals surface area contributed by atoms with Crippen LogP contribution in [-0.4, -0.2) is 20.2 Å². The van der Waals surface area contributed by atoms with Gasteiger partial charge in [0.15, 0.2) is 5.65 Å². The van der Waals surface area contributed by atoms with Gasteiger partial charge in [0.2, 0.25) is 5.28 Å². The lowest BCUT2D eigenvalue weighted by atomic mass is 10.1. The monoisotopic (exact) mass is 273 g/mol. The Morgan fingerprint density at radius 1 is 1.32 bits per heavy atom. The summed E-state index contributed by atoms with van der Waals surface area (Å²) < 4.78 is 0. The fourth-order valence-electron chi connectivity index (χ4n) is 1.95. The van der Waals surface area contributed by atoms with E-state index >= 15 is 0 Å². The number of nitrogens with one attached hydrogen (secondary N) is 2. The van der Waals surface area contributed by atoms with E-state index in [1.54, 1.807) is 6.20 Å². The number of aryl methyl sites for hydroxylation is 1. The van der Waals surface area contributed by atoms with Gasteiger partial charge in [-0.1, -0.05) is 29.8 Å². The highest BCUT2D eigenvalue weighted by Gasteiger charge is 2.07. The van der Waals surface area contributed by atoms with Gasteiger partial charge in [0.05, 0.1) is 11.6 Å². The summed E-state index contributed by atoms with van der Waals surface area (Å²) in [5, 5.41) is 11.0. The van der Waals surface area contributed by atoms with Crippen LogP contribution in [0.3, 0.4) is 0 Å². The van der Waals surface area contributed by atoms with Crippen molar-refractivity contribution in [3.8, 4) is 0 Å². The third kappa shape index (κ3) is 2.51. The van der Waals surface area contributed by atoms with Crippen LogP contribution in [-0.2, 0) is 6.54 Å². The standard InChI is InChI=1S/C13H12ClN5/c1-8-3-2-4-9(5-8)6-15-11-10-7-16-19-12(10)18-13(14)17-11/h2-5,7H,6H2,1H3,(H2,15,16,17,18,19). The molecule has 0 spiro atoms. The fraction of sp³-hybridized carbons (Fsp3) is 0.154. The summed E-state index contributed by atoms with van der Waals surface area (Å²) in [6.45, 7) is 2.74. The first kappa shape index (κ1) is 11.9. The summed E-state index contributed by atoms with van der Waals surface area (Å²) in [5.41, 5.74) is 3.05. The van der Waals surface area contributed by atoms with Crippen LogP contribution in [0.5, 0.6) is 0 Å². The van der Waals surface area contributed by atoms with Crippen LogP contribution in [0, 0.1) is 6.92 Å². The summed E-state index contributed by atoms with van der Waals surface area (Å²) in [4.78, 5) is 8.26. The number of H-pyrrole nitrogens is 1. The van der Waals surface area contributed by atoms with Crippen LogP contribution >= 0.6 is 11.6 Å². The largest absolute Gasteiger partial charge is 0.365 e. The molecule has 0 aliphatic heterocycles. The molecule has 0 bridgehead atoms. The molecule has 3 aromatic rings. The molecule has 2 heterocycles. The number of halogens is 1. The Kier molecular flexibility index (Phi) is 3.05. The van der Waals surface area contributed by atoms with E-state index in [2.05, 4.69) is 50.6 Å². The summed E-state index contributed by atoms with van der Waals surface area (Å²) in [7, 11) is 0. The number of benzene rings is 1. The van der Waals surface area contributed by atoms with Crippen molar-refractivity contribution in [2.75, 3.05) is 5.32 Å². The fourth-order valence-corrected chi connectivity index (χ4v) is 2.12. The molecule has 5 nitrogen and oxygen atoms in total. The third-order valence-electron chi connectivity index (χ3n) is 2.82. The number of hydrogen-bond acceptors (Lipinski definition) is 4. The zero-order valence-corrected chi connectivity index (χ0v) is 11.1. The Morgan fingerprint density at radius 2 is 2.21 bits per heavy atom. The van der Waals surface area contributed by atoms with E-state index < -0.39 is 0 Å². The first-order chi connectivity index (χ1) is 9.22. The van der Waals surface area contributed by atoms with E-state index in [0.717, 1.165) is 5.39 Å². The Morgan fingerprint density at radius 3 is 3.05 bits per heavy atom. The first-order valence-electron chi connectivity index (χ1n) is 5.88. The molecule has 0 saturated carbocycles. The van der Waals surface area contributed by atoms with Crippen molar-refractivity contribution in [1.29, 1.82) is 0 Å². The quantitative estimate of drug-likeness (QED) is 0.720. The molecule has 0 atom stereocenters. The minimum Gasteiger partial charge on any atom is -0.365 e. The average Bonchev–Trinajstić information content (AvgIpc) is 2.84. The second-order valence-electron chi connectivity index (χ2n) is 4.32. The molecule has 6 heteroatoms. The van der Waals surface area contributed by atoms with E-state index in [1.807, 2.05) is 6.07 Å². The van der Waals surface area contributed by atoms with E-state index in [4.69, 9.17) is 11.6 Å². The predicted molar refractivity (Wildman–Crippen MR) is 75.2 cm³/mol. The molecule has 19 heavy (non-hydrogen) atoms. The Balaban J connectivity index is 1.87. The molecule has 96 valence electrons. The smallest absolute Gasteiger partial charge is 0.226 e. The van der Waals surface area contributed by atoms with Gasteiger partial charge in [-0.05, 0) is 24.1 Å². The van der Waals surface area contributed by atoms with Gasteiger partial charge in [-0.3, -0.25) is 5.10 Å². The van der Waals surface area contributed by atoms with Crippen LogP contribution in [0.1, 0.15) is 11.1 Å². The SMILES string of the molecule is Cc1cccc(CNc2nc(Cl)nc3[nH]ncc23)c1. The molecule has 0 aliphatic carbocycles. The Labute approximate surface area is 115 Å². The van der Waals surface area contributed by atoms with Gasteiger partial charge in [-0.15, -0.1) is 0 Å². The molecule has 0 aliphatic rings. The number of fused-ring (bicyclic) bond motifs is 1. The van der Waals surface area contributed by atoms with Crippen molar-refractivity contribution in [1.82, 2.24) is 20.2 Å². The summed E-state index contributed by atoms with van der Waals surface area (Å²) in [5.74, 6) is 0.685. The minimum absolute atomic E-state index is 0.198. The molecular formula is C13H12ClN5. The molecule has 2 aromatic heterocycles. The number of aromatic amines is 1. The molecule has 1 aromatic carbocycles. The van der Waals surface area contributed by atoms with E-state index in [1.165, 1.54) is 11.1 Å². The second kappa shape index (κ2) is 4.85. The van der Waals surface area contributed by atoms with E-state index in [0.29, 0.717) is 18.0 Å². The molecule has 0 amide bonds. The lowest BCUT2D eigenvalue weighted by molar-refractivity contribution is 1.08. The van der Waals surface area contributed by atoms with Crippen molar-refractivity contribution in [3.63, 3.8) is 0 Å². The minimum atomic E-state index is 0.198. The summed E-state index contributed by atoms with van der Waals surface area (Å²) in [6.07, 6.45) is 1.68. The molecular weight excluding hydrogens is 262 g/mol. The maximum Gasteiger partial charge on any atom is 0.226 e. The highest BCUT2D eigenvalue weighted by molar-refractivity contribution is 6.28. The van der Waals surface area contributed by atoms with Gasteiger partial charge in [-0.2, -0.15) is 15.1 Å². The van der Waals surface area contributed by atoms with Crippen LogP contribution < -0.4 is 5.32 Å². The van der Waals surface area contributed by atoms with Crippen LogP contribution in [0.25, 0.3) is 11.0 Å². The second-order valence-corrected chi connectivity index (χ2v) is 4.65. The number of aromatic nitrogens is 4. The molecule has 2 N–H and O–H groups in total. The number of anilines is 1. The molecule has 3 rings (SSSR count). The zero-order valence-electron chi connectivity index (χ0n) is 10.3. The van der Waals surface area contributed by atoms with Gasteiger partial charge < -0.3 is 5.32 Å². The molecule has 0 unspecified atom stereocenters. The van der Waals surface area contributed by atoms with E-state index in [9.17, 15) is 0 Å². The average molecular weight is 274 g/mol. The maximum absolute atomic E-state index is 5.88. The number of nitrogens with zero attached hydrogens (tertiary/aromatic N) is 3. The van der Waals surface area contributed by atoms with Crippen LogP contribution in [0.2, 0.25) is 5.28 Å². The van der Waals surface area contributed by atoms with Gasteiger partial charge in [0, 0.05) is 6.54 Å². The lowest BCUT2D eigenvalue weighted by Crippen LogP contribution is -2.03. The maximum atomic E-state index is 5.88. The van der Waals surface area contributed by atoms with Crippen molar-refractivity contribution >= 4 is 28.5 Å². The Hall–Kier alpha value is -2.14. The van der Waals surface area contributed by atoms with Gasteiger partial charge in [0.25, 0.3) is 0 Å². The molecule has 0 radical (unpaired) electrons. The van der Waals surface area contributed by atoms with Crippen LogP contribution in [0.4, 0.5) is 5.82 Å². The van der Waals surface area contributed by atoms with Crippen molar-refractivity contribution in [2.45, 2.75) is 13.5 Å². The van der Waals surface area contributed by atoms with Gasteiger partial charge >= 0.3 is 0 Å². The zero-order chi connectivity index (χ0) is 13.2. The number of rotatable bonds is 3. The van der Waals surface area contributed by atoms with E-state index in [-0.39, 0.29) is 5.28 Å². The predicted octanol–water partition coefficient (Wildman–Crippen LogP) is 2.93. The lowest BCUT2D eigenvalue weighted by Gasteiger charge is -2.07. The topological polar surface area (TPSA) is 66.5 Å². The van der Waals surface area contributed by atoms with Crippen molar-refractivity contribution in [2.24, 2.45) is 0 Å². The summed E-state index contributed by atoms with van der Waals surface area (Å²) in [6, 6.07) is 8.30. The highest BCUT2D eigenvalue weighted by atomic mass is 35.5. The molecule has 0 fully saturated rings. The first-order valence-corrected chi connectivity index (χ1v) is 6.26.